The minimum absolute atomic E-state index is 0.0230. The number of hydrogen-bond donors (Lipinski definition) is 4. The number of unbranched alkanes of at least 4 members (excludes halogenated alkanes) is 4. The first-order valence-electron chi connectivity index (χ1n) is 34.6. The third-order valence-electron chi connectivity index (χ3n) is 13.8. The number of allylic oxidation sites excluding steroid dienone is 20. The van der Waals surface area contributed by atoms with Crippen LogP contribution in [0.5, 0.6) is 0 Å². The monoisotopic (exact) mass is 1520 g/mol. The van der Waals surface area contributed by atoms with Crippen LogP contribution in [0.2, 0.25) is 0 Å². The summed E-state index contributed by atoms with van der Waals surface area (Å²) in [6.07, 6.45) is 66.4. The summed E-state index contributed by atoms with van der Waals surface area (Å²) in [7, 11) is -2.05. The van der Waals surface area contributed by atoms with Gasteiger partial charge in [-0.25, -0.2) is 18.7 Å². The standard InChI is InChI=1S/C37H52NO9PS2.C20H30O2.C17H24NO8PS2/c1-2-3-4-5-6-7-8-9-10-11-12-13-14-15-16-17-18-25-36(40)46-33(30-44-35(39)24-20-19-23-34-26-28-49-50-34)31-45-48(42,43)47-37(41)32-22-21-27-38-29-32;1-2-3-4-5-6-7-8-9-10-11-12-13-14-15-16-17-18-19-20(21)22;19-14(11-24-16(20)6-2-1-5-15-7-9-28-29-15)12-25-27(22,23)26-17(21)13-4-3-8-18-10-13/h3-4,6-7,9-10,12-13,15-16,21-22,27,29,33-34H,2,5,8,11,14,17-20,23-26,28,30-31H2,1H3,(H,42,43);3-4,6-7,9-10,12-13,15-16H,2,5,8,11,14,17-19H2,1H3,(H,21,22);3-4,8,10,14-15,19H,1-2,5-7,9,11-12H2,(H,22,23)/b2*4-3-,7-6-,10-9-,13-12-,16-15-;/t33-,34-;;14-,15-/m1.1/s1. The zero-order valence-electron chi connectivity index (χ0n) is 58.4. The predicted octanol–water partition coefficient (Wildman–Crippen LogP) is 18.4. The van der Waals surface area contributed by atoms with Crippen LogP contribution in [0.1, 0.15) is 202 Å². The molecule has 27 heteroatoms. The molecule has 2 saturated heterocycles. The van der Waals surface area contributed by atoms with Gasteiger partial charge in [-0.05, 0) is 153 Å². The lowest BCUT2D eigenvalue weighted by molar-refractivity contribution is -0.161. The summed E-state index contributed by atoms with van der Waals surface area (Å²) < 4.78 is 58.4. The van der Waals surface area contributed by atoms with Crippen LogP contribution >= 0.6 is 58.8 Å². The molecule has 21 nitrogen and oxygen atoms in total. The van der Waals surface area contributed by atoms with Crippen molar-refractivity contribution in [2.45, 2.75) is 203 Å². The van der Waals surface area contributed by atoms with Gasteiger partial charge in [0.2, 0.25) is 0 Å². The van der Waals surface area contributed by atoms with Crippen LogP contribution in [-0.2, 0) is 60.6 Å². The number of aliphatic hydroxyl groups is 1. The first-order chi connectivity index (χ1) is 48.9. The molecule has 2 aliphatic rings. The summed E-state index contributed by atoms with van der Waals surface area (Å²) in [4.78, 5) is 98.0. The Morgan fingerprint density at radius 2 is 0.871 bits per heavy atom. The lowest BCUT2D eigenvalue weighted by Crippen LogP contribution is -2.29. The van der Waals surface area contributed by atoms with Gasteiger partial charge in [-0.1, -0.05) is 191 Å². The Labute approximate surface area is 614 Å². The van der Waals surface area contributed by atoms with Gasteiger partial charge in [0.1, 0.15) is 25.9 Å². The van der Waals surface area contributed by atoms with E-state index in [9.17, 15) is 52.8 Å². The lowest BCUT2D eigenvalue weighted by atomic mass is 10.1. The number of aliphatic carboxylic acids is 1. The van der Waals surface area contributed by atoms with Crippen molar-refractivity contribution in [1.29, 1.82) is 0 Å². The Hall–Kier alpha value is -5.82. The third kappa shape index (κ3) is 55.4. The zero-order chi connectivity index (χ0) is 73.5. The molecule has 0 spiro atoms. The van der Waals surface area contributed by atoms with Gasteiger partial charge in [-0.3, -0.25) is 48.0 Å². The Morgan fingerprint density at radius 3 is 1.25 bits per heavy atom. The summed E-state index contributed by atoms with van der Waals surface area (Å²) >= 11 is 0. The van der Waals surface area contributed by atoms with Crippen LogP contribution in [0.4, 0.5) is 0 Å². The number of aliphatic hydroxyl groups excluding tert-OH is 1. The smallest absolute Gasteiger partial charge is 0.481 e. The van der Waals surface area contributed by atoms with E-state index in [0.29, 0.717) is 36.2 Å². The number of carbonyl (C=O) groups is 6. The second-order valence-electron chi connectivity index (χ2n) is 22.6. The number of esters is 3. The lowest BCUT2D eigenvalue weighted by Gasteiger charge is -2.19. The van der Waals surface area contributed by atoms with Crippen molar-refractivity contribution in [3.8, 4) is 0 Å². The van der Waals surface area contributed by atoms with E-state index in [-0.39, 0.29) is 50.0 Å². The third-order valence-corrected chi connectivity index (χ3v) is 21.6. The minimum Gasteiger partial charge on any atom is -0.481 e. The summed E-state index contributed by atoms with van der Waals surface area (Å²) in [6.45, 7) is 2.25. The molecule has 0 amide bonds. The molecule has 0 saturated carbocycles. The van der Waals surface area contributed by atoms with Crippen molar-refractivity contribution in [2.75, 3.05) is 37.9 Å². The number of pyridine rings is 2. The van der Waals surface area contributed by atoms with Crippen molar-refractivity contribution >= 4 is 94.6 Å². The first-order valence-corrected chi connectivity index (χ1v) is 42.4. The van der Waals surface area contributed by atoms with E-state index < -0.39 is 76.9 Å². The van der Waals surface area contributed by atoms with Crippen molar-refractivity contribution in [2.24, 2.45) is 0 Å². The van der Waals surface area contributed by atoms with E-state index in [4.69, 9.17) is 23.8 Å². The molecule has 0 bridgehead atoms. The van der Waals surface area contributed by atoms with E-state index in [0.717, 1.165) is 108 Å². The first kappa shape index (κ1) is 91.3. The minimum atomic E-state index is -4.88. The maximum absolute atomic E-state index is 12.6. The Bertz CT molecular complexity index is 3010. The molecule has 0 aromatic carbocycles. The topological polar surface area (TPSA) is 308 Å². The van der Waals surface area contributed by atoms with Gasteiger partial charge >= 0.3 is 51.5 Å². The summed E-state index contributed by atoms with van der Waals surface area (Å²) in [5.41, 5.74) is -0.0646. The van der Waals surface area contributed by atoms with Gasteiger partial charge in [0, 0.05) is 72.5 Å². The van der Waals surface area contributed by atoms with E-state index in [1.165, 1.54) is 67.6 Å². The van der Waals surface area contributed by atoms with Crippen molar-refractivity contribution in [3.05, 3.63) is 182 Å². The summed E-state index contributed by atoms with van der Waals surface area (Å²) in [5, 5.41) is 19.5. The van der Waals surface area contributed by atoms with Crippen LogP contribution in [0, 0.1) is 0 Å². The van der Waals surface area contributed by atoms with Crippen molar-refractivity contribution in [1.82, 2.24) is 9.97 Å². The maximum atomic E-state index is 12.6. The van der Waals surface area contributed by atoms with Crippen LogP contribution in [-0.4, -0.2) is 126 Å². The molecule has 2 aromatic rings. The molecule has 560 valence electrons. The van der Waals surface area contributed by atoms with E-state index >= 15 is 0 Å². The number of nitrogens with zero attached hydrogens (tertiary/aromatic N) is 2. The maximum Gasteiger partial charge on any atom is 0.529 e. The predicted molar refractivity (Wildman–Crippen MR) is 407 cm³/mol. The van der Waals surface area contributed by atoms with E-state index in [2.05, 4.69) is 147 Å². The average molecular weight is 1520 g/mol. The van der Waals surface area contributed by atoms with Crippen molar-refractivity contribution in [3.63, 3.8) is 0 Å². The Kier molecular flexibility index (Phi) is 55.7. The number of rotatable bonds is 51. The highest BCUT2D eigenvalue weighted by Gasteiger charge is 2.31. The molecule has 101 heavy (non-hydrogen) atoms. The van der Waals surface area contributed by atoms with Gasteiger partial charge in [0.15, 0.2) is 6.10 Å². The number of ether oxygens (including phenoxy) is 3. The molecule has 2 aromatic heterocycles. The molecule has 2 unspecified atom stereocenters. The molecular formula is C74H106N2O19P2S4. The number of phosphoric acid groups is 2. The Balaban J connectivity index is 0.000000572. The van der Waals surface area contributed by atoms with Crippen LogP contribution < -0.4 is 0 Å². The molecule has 4 N–H and O–H groups in total. The molecule has 4 heterocycles. The molecule has 0 radical (unpaired) electrons. The SMILES string of the molecule is CC/C=C\C/C=C\C/C=C\C/C=C\C/C=C\CCCC(=O)O.CC/C=C\C/C=C\C/C=C\C/C=C\C/C=C\CCCC(=O)O[C@H](COC(=O)CCCC[C@@H]1CCSS1)COP(=O)(O)OC(=O)c1cccnc1.O=C(CCCC[C@@H]1CCSS1)OC[C@@H](O)COP(=O)(O)OC(=O)c1cccnc1. The van der Waals surface area contributed by atoms with Gasteiger partial charge in [-0.2, -0.15) is 0 Å². The number of carboxylic acid groups (broad SMARTS) is 1. The number of carbonyl (C=O) groups excluding carboxylic acids is 5. The van der Waals surface area contributed by atoms with Gasteiger partial charge in [-0.15, -0.1) is 0 Å². The highest BCUT2D eigenvalue weighted by atomic mass is 33.1. The summed E-state index contributed by atoms with van der Waals surface area (Å²) in [5.74, 6) is -2.05. The fourth-order valence-electron chi connectivity index (χ4n) is 8.50. The van der Waals surface area contributed by atoms with Gasteiger partial charge in [0.25, 0.3) is 0 Å². The van der Waals surface area contributed by atoms with Crippen LogP contribution in [0.3, 0.4) is 0 Å². The highest BCUT2D eigenvalue weighted by molar-refractivity contribution is 8.77. The number of hydrogen-bond acceptors (Lipinski definition) is 22. The number of carboxylic acids is 1. The normalized spacial score (nSPS) is 16.7. The summed E-state index contributed by atoms with van der Waals surface area (Å²) in [6, 6.07) is 5.66. The van der Waals surface area contributed by atoms with Crippen LogP contribution in [0.15, 0.2) is 171 Å². The fraction of sp³-hybridized carbons (Fsp3) is 0.514. The second-order valence-corrected chi connectivity index (χ2v) is 31.0. The number of aromatic nitrogens is 2. The largest absolute Gasteiger partial charge is 0.529 e. The molecule has 6 atom stereocenters. The molecule has 0 aliphatic carbocycles. The Morgan fingerprint density at radius 1 is 0.495 bits per heavy atom. The zero-order valence-corrected chi connectivity index (χ0v) is 63.5. The molecule has 2 fully saturated rings. The van der Waals surface area contributed by atoms with Gasteiger partial charge < -0.3 is 33.5 Å². The molecular weight excluding hydrogens is 1410 g/mol. The van der Waals surface area contributed by atoms with Gasteiger partial charge in [0.05, 0.1) is 17.7 Å². The van der Waals surface area contributed by atoms with E-state index in [1.807, 2.05) is 55.3 Å². The molecule has 2 aliphatic heterocycles. The average Bonchev–Trinajstić information content (AvgIpc) is 1.34. The van der Waals surface area contributed by atoms with Crippen molar-refractivity contribution < 1.29 is 90.2 Å². The molecule has 4 rings (SSSR count). The number of phosphoric ester groups is 2. The second kappa shape index (κ2) is 61.6. The fourth-order valence-corrected chi connectivity index (χ4v) is 16.0. The van der Waals surface area contributed by atoms with Crippen LogP contribution in [0.25, 0.3) is 0 Å². The highest BCUT2D eigenvalue weighted by Crippen LogP contribution is 2.45. The quantitative estimate of drug-likeness (QED) is 0.0119. The van der Waals surface area contributed by atoms with E-state index in [1.54, 1.807) is 0 Å².